The van der Waals surface area contributed by atoms with Crippen LogP contribution in [0.25, 0.3) is 0 Å². The van der Waals surface area contributed by atoms with Crippen LogP contribution in [-0.2, 0) is 4.79 Å². The van der Waals surface area contributed by atoms with E-state index >= 15 is 0 Å². The van der Waals surface area contributed by atoms with E-state index in [1.54, 1.807) is 12.1 Å². The van der Waals surface area contributed by atoms with Gasteiger partial charge in [0.05, 0.1) is 15.5 Å². The fourth-order valence-corrected chi connectivity index (χ4v) is 4.58. The van der Waals surface area contributed by atoms with Gasteiger partial charge in [-0.15, -0.1) is 0 Å². The third-order valence-electron chi connectivity index (χ3n) is 4.21. The molecule has 0 saturated carbocycles. The minimum atomic E-state index is -1.22. The Labute approximate surface area is 163 Å². The Kier molecular flexibility index (Phi) is 4.61. The van der Waals surface area contributed by atoms with E-state index in [0.717, 1.165) is 14.7 Å². The monoisotopic (exact) mass is 476 g/mol. The van der Waals surface area contributed by atoms with Crippen molar-refractivity contribution in [2.75, 3.05) is 5.32 Å². The Bertz CT molecular complexity index is 843. The average Bonchev–Trinajstić information content (AvgIpc) is 2.86. The van der Waals surface area contributed by atoms with Crippen LogP contribution in [0.1, 0.15) is 24.5 Å². The number of hydrogen-bond acceptors (Lipinski definition) is 4. The summed E-state index contributed by atoms with van der Waals surface area (Å²) in [4.78, 5) is 11.6. The molecule has 2 aliphatic heterocycles. The van der Waals surface area contributed by atoms with Crippen molar-refractivity contribution in [2.45, 2.75) is 25.5 Å². The number of aliphatic carboxylic acids is 1. The fourth-order valence-electron chi connectivity index (χ4n) is 3.32. The molecule has 2 aromatic carbocycles. The molecule has 24 heavy (non-hydrogen) atoms. The average molecular weight is 477 g/mol. The normalized spacial score (nSPS) is 23.0. The number of halogens is 3. The maximum absolute atomic E-state index is 11.6. The quantitative estimate of drug-likeness (QED) is 0.638. The first-order chi connectivity index (χ1) is 11.0. The molecule has 0 bridgehead atoms. The fraction of sp³-hybridized carbons (Fsp3) is 0.235. The van der Waals surface area contributed by atoms with Crippen LogP contribution in [0.3, 0.4) is 0 Å². The molecule has 0 fully saturated rings. The predicted octanol–water partition coefficient (Wildman–Crippen LogP) is 3.67. The first-order valence-electron chi connectivity index (χ1n) is 6.89. The number of benzene rings is 2. The molecule has 2 aromatic rings. The zero-order valence-electron chi connectivity index (χ0n) is 11.5. The molecule has 0 amide bonds. The van der Waals surface area contributed by atoms with E-state index in [2.05, 4.69) is 27.9 Å². The molecule has 1 N–H and O–H groups in total. The highest BCUT2D eigenvalue weighted by atomic mass is 127. The number of para-hydroxylation sites is 1. The number of carboxylic acid groups (broad SMARTS) is 1. The van der Waals surface area contributed by atoms with Crippen molar-refractivity contribution >= 4 is 57.4 Å². The van der Waals surface area contributed by atoms with Crippen molar-refractivity contribution in [3.05, 3.63) is 55.1 Å². The van der Waals surface area contributed by atoms with Gasteiger partial charge in [0.15, 0.2) is 0 Å². The third kappa shape index (κ3) is 2.53. The van der Waals surface area contributed by atoms with Gasteiger partial charge in [-0.05, 0) is 40.8 Å². The van der Waals surface area contributed by atoms with Gasteiger partial charge in [0.25, 0.3) is 0 Å². The number of ether oxygens (including phenoxy) is 1. The maximum atomic E-state index is 11.6. The Morgan fingerprint density at radius 3 is 2.75 bits per heavy atom. The molecule has 0 spiro atoms. The number of anilines is 1. The number of rotatable bonds is 1. The van der Waals surface area contributed by atoms with Crippen LogP contribution in [0.5, 0.6) is 5.75 Å². The zero-order chi connectivity index (χ0) is 16.3. The molecular weight excluding hydrogens is 464 g/mol. The number of carboxylic acids is 1. The molecule has 126 valence electrons. The lowest BCUT2D eigenvalue weighted by Crippen LogP contribution is -2.53. The molecule has 3 unspecified atom stereocenters. The molecule has 7 heteroatoms. The summed E-state index contributed by atoms with van der Waals surface area (Å²) in [6.07, 6.45) is -0.614. The second-order valence-corrected chi connectivity index (χ2v) is 7.51. The Morgan fingerprint density at radius 2 is 2.04 bits per heavy atom. The van der Waals surface area contributed by atoms with Crippen molar-refractivity contribution in [1.29, 1.82) is 0 Å². The number of hydrogen-bond donors (Lipinski definition) is 1. The molecule has 2 aliphatic rings. The van der Waals surface area contributed by atoms with E-state index in [9.17, 15) is 9.90 Å². The zero-order valence-corrected chi connectivity index (χ0v) is 15.1. The Hall–Kier alpha value is -1.18. The lowest BCUT2D eigenvalue weighted by Gasteiger charge is -2.37. The summed E-state index contributed by atoms with van der Waals surface area (Å²) in [6.45, 7) is 0. The largest absolute Gasteiger partial charge is 0.548 e. The Morgan fingerprint density at radius 1 is 1.29 bits per heavy atom. The van der Waals surface area contributed by atoms with Crippen molar-refractivity contribution in [2.24, 2.45) is 0 Å². The summed E-state index contributed by atoms with van der Waals surface area (Å²) in [7, 11) is 0. The molecule has 2 heterocycles. The number of fused-ring (bicyclic) bond motifs is 5. The molecule has 3 atom stereocenters. The van der Waals surface area contributed by atoms with Crippen molar-refractivity contribution < 1.29 is 14.6 Å². The molecular formula is C17H13Cl2INO3-. The van der Waals surface area contributed by atoms with Gasteiger partial charge in [-0.3, -0.25) is 0 Å². The van der Waals surface area contributed by atoms with Crippen LogP contribution >= 0.6 is 45.8 Å². The lowest BCUT2D eigenvalue weighted by molar-refractivity contribution is -0.308. The van der Waals surface area contributed by atoms with E-state index in [-0.39, 0.29) is 13.3 Å². The van der Waals surface area contributed by atoms with Gasteiger partial charge >= 0.3 is 0 Å². The minimum Gasteiger partial charge on any atom is -0.548 e. The number of carbonyl (C=O) groups is 1. The molecule has 0 aromatic heterocycles. The van der Waals surface area contributed by atoms with Crippen LogP contribution in [-0.4, -0.2) is 18.1 Å². The van der Waals surface area contributed by atoms with Gasteiger partial charge in [0.2, 0.25) is 0 Å². The van der Waals surface area contributed by atoms with Gasteiger partial charge in [0, 0.05) is 26.9 Å². The van der Waals surface area contributed by atoms with E-state index in [0.29, 0.717) is 21.5 Å². The van der Waals surface area contributed by atoms with Crippen LogP contribution in [0.4, 0.5) is 5.69 Å². The summed E-state index contributed by atoms with van der Waals surface area (Å²) in [5, 5.41) is 15.5. The minimum absolute atomic E-state index is 0. The van der Waals surface area contributed by atoms with Gasteiger partial charge in [0.1, 0.15) is 17.9 Å². The lowest BCUT2D eigenvalue weighted by atomic mass is 9.81. The standard InChI is InChI=1S/C16H10Cl2INO3.CH4/c17-6-4-8(18)12-10(5-6)20-13(16(21)22)15-11(12)7-2-1-3-9(19)14(7)23-15;/h1-5,11,13,15,20H,(H,21,22);1H4/p-1. The van der Waals surface area contributed by atoms with Crippen LogP contribution in [0.2, 0.25) is 10.0 Å². The third-order valence-corrected chi connectivity index (χ3v) is 5.59. The topological polar surface area (TPSA) is 61.4 Å². The number of nitrogens with one attached hydrogen (secondary N) is 1. The SMILES string of the molecule is C.O=C([O-])C1Nc2cc(Cl)cc(Cl)c2C2c3cccc(I)c3OC12. The Balaban J connectivity index is 0.00000169. The highest BCUT2D eigenvalue weighted by Crippen LogP contribution is 2.52. The van der Waals surface area contributed by atoms with Crippen LogP contribution in [0, 0.1) is 3.57 Å². The van der Waals surface area contributed by atoms with E-state index in [4.69, 9.17) is 27.9 Å². The van der Waals surface area contributed by atoms with Gasteiger partial charge in [-0.1, -0.05) is 42.8 Å². The first-order valence-corrected chi connectivity index (χ1v) is 8.72. The molecule has 4 rings (SSSR count). The first kappa shape index (κ1) is 17.6. The summed E-state index contributed by atoms with van der Waals surface area (Å²) in [5.74, 6) is -0.789. The summed E-state index contributed by atoms with van der Waals surface area (Å²) < 4.78 is 6.90. The van der Waals surface area contributed by atoms with E-state index < -0.39 is 18.1 Å². The highest BCUT2D eigenvalue weighted by molar-refractivity contribution is 14.1. The van der Waals surface area contributed by atoms with Gasteiger partial charge in [-0.25, -0.2) is 0 Å². The van der Waals surface area contributed by atoms with Gasteiger partial charge in [-0.2, -0.15) is 0 Å². The maximum Gasteiger partial charge on any atom is 0.137 e. The highest BCUT2D eigenvalue weighted by Gasteiger charge is 2.47. The van der Waals surface area contributed by atoms with E-state index in [1.807, 2.05) is 18.2 Å². The van der Waals surface area contributed by atoms with Gasteiger partial charge < -0.3 is 20.0 Å². The van der Waals surface area contributed by atoms with Crippen LogP contribution < -0.4 is 15.2 Å². The molecule has 0 aliphatic carbocycles. The summed E-state index contributed by atoms with van der Waals surface area (Å²) >= 11 is 14.6. The second-order valence-electron chi connectivity index (χ2n) is 5.51. The predicted molar refractivity (Wildman–Crippen MR) is 101 cm³/mol. The van der Waals surface area contributed by atoms with E-state index in [1.165, 1.54) is 0 Å². The second kappa shape index (κ2) is 6.28. The van der Waals surface area contributed by atoms with Crippen molar-refractivity contribution in [3.63, 3.8) is 0 Å². The summed E-state index contributed by atoms with van der Waals surface area (Å²) in [6, 6.07) is 8.14. The van der Waals surface area contributed by atoms with Crippen LogP contribution in [0.15, 0.2) is 30.3 Å². The van der Waals surface area contributed by atoms with Crippen molar-refractivity contribution in [1.82, 2.24) is 0 Å². The molecule has 0 saturated heterocycles. The molecule has 4 nitrogen and oxygen atoms in total. The number of carbonyl (C=O) groups excluding carboxylic acids is 1. The smallest absolute Gasteiger partial charge is 0.137 e. The molecule has 0 radical (unpaired) electrons. The van der Waals surface area contributed by atoms with Crippen molar-refractivity contribution in [3.8, 4) is 5.75 Å². The summed E-state index contributed by atoms with van der Waals surface area (Å²) in [5.41, 5.74) is 2.34.